The second-order valence-corrected chi connectivity index (χ2v) is 1.34. The number of hydrogen-bond donors (Lipinski definition) is 2. The Morgan fingerprint density at radius 3 is 0.471 bits per heavy atom. The van der Waals surface area contributed by atoms with E-state index in [9.17, 15) is 0 Å². The minimum atomic E-state index is -4.67. The van der Waals surface area contributed by atoms with Gasteiger partial charge in [0.2, 0.25) is 0 Å². The summed E-state index contributed by atoms with van der Waals surface area (Å²) in [6.45, 7) is 0. The van der Waals surface area contributed by atoms with E-state index in [4.69, 9.17) is 17.5 Å². The van der Waals surface area contributed by atoms with E-state index in [0.717, 1.165) is 0 Å². The molecule has 2 radical (unpaired) electrons. The van der Waals surface area contributed by atoms with E-state index in [-0.39, 0.29) is 161 Å². The molecule has 0 spiro atoms. The molecule has 0 aliphatic heterocycles. The van der Waals surface area contributed by atoms with Gasteiger partial charge < -0.3 is 124 Å². The summed E-state index contributed by atoms with van der Waals surface area (Å²) in [7, 11) is -4.67. The Morgan fingerprint density at radius 2 is 0.471 bits per heavy atom. The minimum absolute atomic E-state index is 0. The standard InChI is InChI=1S/10ClH.H2O4S.2V/c;;;;;;;;;;1-5(2,3)4;;/h10*1H;(H2,1,2,3,4);;/p-10. The summed E-state index contributed by atoms with van der Waals surface area (Å²) in [6.07, 6.45) is 0. The first-order valence-corrected chi connectivity index (χ1v) is 2.10. The van der Waals surface area contributed by atoms with Crippen LogP contribution in [-0.4, -0.2) is 17.5 Å². The van der Waals surface area contributed by atoms with Crippen LogP contribution in [0.4, 0.5) is 0 Å². The van der Waals surface area contributed by atoms with Crippen LogP contribution in [-0.2, 0) is 47.5 Å². The smallest absolute Gasteiger partial charge is 0.394 e. The van der Waals surface area contributed by atoms with Crippen molar-refractivity contribution in [3.05, 3.63) is 0 Å². The first-order valence-electron chi connectivity index (χ1n) is 0.698. The van der Waals surface area contributed by atoms with Crippen LogP contribution >= 0.6 is 0 Å². The quantitative estimate of drug-likeness (QED) is 0.292. The van der Waals surface area contributed by atoms with Gasteiger partial charge in [0.1, 0.15) is 0 Å². The maximum atomic E-state index is 8.74. The second kappa shape index (κ2) is 72.4. The monoisotopic (exact) mass is 550 g/mol. The van der Waals surface area contributed by atoms with Gasteiger partial charge in [0.05, 0.1) is 0 Å². The van der Waals surface area contributed by atoms with Gasteiger partial charge in [0, 0.05) is 37.1 Å². The molecule has 0 rings (SSSR count). The van der Waals surface area contributed by atoms with E-state index in [1.165, 1.54) is 0 Å². The number of halogens is 10. The first kappa shape index (κ1) is 132. The average Bonchev–Trinajstić information content (AvgIpc) is 0.722. The molecule has 2 N–H and O–H groups in total. The van der Waals surface area contributed by atoms with E-state index in [0.29, 0.717) is 0 Å². The van der Waals surface area contributed by atoms with Gasteiger partial charge in [-0.25, -0.2) is 0 Å². The van der Waals surface area contributed by atoms with Crippen LogP contribution < -0.4 is 124 Å². The van der Waals surface area contributed by atoms with Crippen LogP contribution in [0.15, 0.2) is 0 Å². The van der Waals surface area contributed by atoms with Crippen LogP contribution in [0.5, 0.6) is 0 Å². The average molecular weight is 554 g/mol. The van der Waals surface area contributed by atoms with Gasteiger partial charge in [-0.3, -0.25) is 9.11 Å². The summed E-state index contributed by atoms with van der Waals surface area (Å²) in [5.74, 6) is 0. The van der Waals surface area contributed by atoms with Crippen molar-refractivity contribution in [1.29, 1.82) is 0 Å². The Morgan fingerprint density at radius 1 is 0.471 bits per heavy atom. The SMILES string of the molecule is O=S(=O)(O)O.[Cl-].[Cl-].[Cl-].[Cl-].[Cl-].[Cl-].[Cl-].[Cl-].[Cl-].[Cl-].[V].[V]. The molecule has 0 aromatic heterocycles. The summed E-state index contributed by atoms with van der Waals surface area (Å²) < 4.78 is 31.6. The Hall–Kier alpha value is 3.94. The van der Waals surface area contributed by atoms with Gasteiger partial charge in [-0.1, -0.05) is 0 Å². The van der Waals surface area contributed by atoms with Crippen molar-refractivity contribution in [1.82, 2.24) is 0 Å². The molecule has 4 nitrogen and oxygen atoms in total. The molecule has 17 heteroatoms. The molecule has 122 valence electrons. The third-order valence-electron chi connectivity index (χ3n) is 0. The zero-order valence-corrected chi connectivity index (χ0v) is 18.0. The molecule has 0 fully saturated rings. The van der Waals surface area contributed by atoms with Gasteiger partial charge in [0.25, 0.3) is 0 Å². The zero-order valence-electron chi connectivity index (χ0n) is 6.79. The summed E-state index contributed by atoms with van der Waals surface area (Å²) in [5, 5.41) is 0. The van der Waals surface area contributed by atoms with Gasteiger partial charge in [-0.15, -0.1) is 0 Å². The number of rotatable bonds is 0. The van der Waals surface area contributed by atoms with Crippen molar-refractivity contribution >= 4 is 10.4 Å². The van der Waals surface area contributed by atoms with Gasteiger partial charge >= 0.3 is 10.4 Å². The van der Waals surface area contributed by atoms with Crippen molar-refractivity contribution < 1.29 is 179 Å². The molecule has 0 aliphatic carbocycles. The largest absolute Gasteiger partial charge is 1.00 e. The van der Waals surface area contributed by atoms with Crippen molar-refractivity contribution in [3.63, 3.8) is 0 Å². The second-order valence-electron chi connectivity index (χ2n) is 0.448. The Labute approximate surface area is 187 Å². The number of hydrogen-bond acceptors (Lipinski definition) is 2. The third kappa shape index (κ3) is 414. The normalized spacial score (nSPS) is 3.41. The molecule has 0 aromatic carbocycles. The molecule has 0 aromatic rings. The Bertz CT molecular complexity index is 109. The Kier molecular flexibility index (Phi) is 563. The maximum Gasteiger partial charge on any atom is 0.394 e. The van der Waals surface area contributed by atoms with Crippen LogP contribution in [0, 0.1) is 0 Å². The molecule has 0 bridgehead atoms. The molecular weight excluding hydrogens is 552 g/mol. The fraction of sp³-hybridized carbons (Fsp3) is 0. The van der Waals surface area contributed by atoms with E-state index < -0.39 is 10.4 Å². The third-order valence-corrected chi connectivity index (χ3v) is 0. The van der Waals surface area contributed by atoms with Crippen LogP contribution in [0.3, 0.4) is 0 Å². The topological polar surface area (TPSA) is 74.6 Å². The molecule has 0 atom stereocenters. The molecule has 0 unspecified atom stereocenters. The molecule has 0 amide bonds. The van der Waals surface area contributed by atoms with Crippen molar-refractivity contribution in [2.24, 2.45) is 0 Å². The molecular formula is H2Cl10O4SV2-10. The van der Waals surface area contributed by atoms with E-state index >= 15 is 0 Å². The zero-order chi connectivity index (χ0) is 4.50. The predicted octanol–water partition coefficient (Wildman–Crippen LogP) is -30.6. The minimum Gasteiger partial charge on any atom is -1.00 e. The van der Waals surface area contributed by atoms with E-state index in [2.05, 4.69) is 0 Å². The fourth-order valence-corrected chi connectivity index (χ4v) is 0. The molecule has 0 saturated carbocycles. The summed E-state index contributed by atoms with van der Waals surface area (Å²) in [6, 6.07) is 0. The van der Waals surface area contributed by atoms with Crippen LogP contribution in [0.25, 0.3) is 0 Å². The maximum absolute atomic E-state index is 8.74. The summed E-state index contributed by atoms with van der Waals surface area (Å²) >= 11 is 0. The van der Waals surface area contributed by atoms with Crippen molar-refractivity contribution in [3.8, 4) is 0 Å². The summed E-state index contributed by atoms with van der Waals surface area (Å²) in [4.78, 5) is 0. The van der Waals surface area contributed by atoms with Gasteiger partial charge in [-0.2, -0.15) is 8.42 Å². The van der Waals surface area contributed by atoms with Crippen LogP contribution in [0.2, 0.25) is 0 Å². The van der Waals surface area contributed by atoms with Gasteiger partial charge in [-0.05, 0) is 0 Å². The van der Waals surface area contributed by atoms with Crippen molar-refractivity contribution in [2.75, 3.05) is 0 Å². The van der Waals surface area contributed by atoms with E-state index in [1.54, 1.807) is 0 Å². The fourth-order valence-electron chi connectivity index (χ4n) is 0. The molecule has 17 heavy (non-hydrogen) atoms. The van der Waals surface area contributed by atoms with Crippen molar-refractivity contribution in [2.45, 2.75) is 0 Å². The molecule has 0 heterocycles. The van der Waals surface area contributed by atoms with Crippen LogP contribution in [0.1, 0.15) is 0 Å². The first-order chi connectivity index (χ1) is 2.00. The predicted molar refractivity (Wildman–Crippen MR) is 14.2 cm³/mol. The van der Waals surface area contributed by atoms with Gasteiger partial charge in [0.15, 0.2) is 0 Å². The molecule has 0 aliphatic rings. The Balaban J connectivity index is -0.00000000121. The molecule has 0 saturated heterocycles. The van der Waals surface area contributed by atoms with E-state index in [1.807, 2.05) is 0 Å². The summed E-state index contributed by atoms with van der Waals surface area (Å²) in [5.41, 5.74) is 0.